The number of anilines is 2. The van der Waals surface area contributed by atoms with Crippen LogP contribution in [0.5, 0.6) is 0 Å². The summed E-state index contributed by atoms with van der Waals surface area (Å²) in [6, 6.07) is 6.20. The molecule has 4 N–H and O–H groups in total. The fraction of sp³-hybridized carbons (Fsp3) is 0.562. The predicted molar refractivity (Wildman–Crippen MR) is 91.4 cm³/mol. The first kappa shape index (κ1) is 16.3. The van der Waals surface area contributed by atoms with Crippen molar-refractivity contribution in [2.45, 2.75) is 39.2 Å². The number of hydrogen-bond donors (Lipinski definition) is 3. The molecule has 0 saturated heterocycles. The third kappa shape index (κ3) is 4.20. The van der Waals surface area contributed by atoms with Crippen LogP contribution >= 0.6 is 15.9 Å². The van der Waals surface area contributed by atoms with Gasteiger partial charge in [-0.25, -0.2) is 0 Å². The summed E-state index contributed by atoms with van der Waals surface area (Å²) in [5.41, 5.74) is 7.55. The molecule has 0 radical (unpaired) electrons. The Hall–Kier alpha value is -1.07. The molecule has 0 unspecified atom stereocenters. The molecule has 1 aliphatic rings. The van der Waals surface area contributed by atoms with Gasteiger partial charge in [-0.3, -0.25) is 4.79 Å². The van der Waals surface area contributed by atoms with E-state index in [0.29, 0.717) is 18.5 Å². The summed E-state index contributed by atoms with van der Waals surface area (Å²) in [4.78, 5) is 12.5. The van der Waals surface area contributed by atoms with Crippen LogP contribution in [0.3, 0.4) is 0 Å². The van der Waals surface area contributed by atoms with Gasteiger partial charge in [0.25, 0.3) is 0 Å². The minimum absolute atomic E-state index is 0.0425. The van der Waals surface area contributed by atoms with Gasteiger partial charge in [0.15, 0.2) is 0 Å². The van der Waals surface area contributed by atoms with Crippen LogP contribution in [-0.2, 0) is 4.79 Å². The van der Waals surface area contributed by atoms with Crippen molar-refractivity contribution in [3.05, 3.63) is 22.7 Å². The Morgan fingerprint density at radius 3 is 2.81 bits per heavy atom. The second-order valence-electron chi connectivity index (χ2n) is 6.01. The van der Waals surface area contributed by atoms with E-state index in [1.165, 1.54) is 0 Å². The van der Waals surface area contributed by atoms with E-state index in [-0.39, 0.29) is 11.8 Å². The van der Waals surface area contributed by atoms with Crippen molar-refractivity contribution >= 4 is 33.2 Å². The highest BCUT2D eigenvalue weighted by molar-refractivity contribution is 9.10. The van der Waals surface area contributed by atoms with Crippen LogP contribution in [0.15, 0.2) is 22.7 Å². The molecule has 1 aliphatic carbocycles. The number of carbonyl (C=O) groups excluding carboxylic acids is 1. The Morgan fingerprint density at radius 2 is 2.14 bits per heavy atom. The molecule has 0 aromatic heterocycles. The average molecular weight is 354 g/mol. The van der Waals surface area contributed by atoms with Gasteiger partial charge in [0, 0.05) is 16.4 Å². The molecule has 1 aromatic rings. The standard InChI is InChI=1S/C16H24BrN3O/c1-10(2)19-14-7-6-12(17)8-15(14)20-16(21)13-5-3-4-11(13)9-18/h6-8,10-11,13,19H,3-5,9,18H2,1-2H3,(H,20,21)/t11-,13-/m1/s1. The van der Waals surface area contributed by atoms with Crippen molar-refractivity contribution in [2.24, 2.45) is 17.6 Å². The molecule has 2 rings (SSSR count). The maximum Gasteiger partial charge on any atom is 0.227 e. The SMILES string of the molecule is CC(C)Nc1ccc(Br)cc1NC(=O)[C@@H]1CCC[C@@H]1CN. The molecule has 1 saturated carbocycles. The Morgan fingerprint density at radius 1 is 1.38 bits per heavy atom. The van der Waals surface area contributed by atoms with Crippen LogP contribution in [0.25, 0.3) is 0 Å². The molecule has 4 nitrogen and oxygen atoms in total. The molecule has 0 bridgehead atoms. The van der Waals surface area contributed by atoms with E-state index in [1.807, 2.05) is 18.2 Å². The summed E-state index contributed by atoms with van der Waals surface area (Å²) in [5.74, 6) is 0.451. The topological polar surface area (TPSA) is 67.1 Å². The Labute approximate surface area is 135 Å². The molecule has 2 atom stereocenters. The lowest BCUT2D eigenvalue weighted by atomic mass is 9.95. The molecule has 1 aromatic carbocycles. The summed E-state index contributed by atoms with van der Waals surface area (Å²) in [7, 11) is 0. The first-order chi connectivity index (χ1) is 10.0. The predicted octanol–water partition coefficient (Wildman–Crippen LogP) is 3.58. The number of carbonyl (C=O) groups is 1. The fourth-order valence-electron chi connectivity index (χ4n) is 2.95. The summed E-state index contributed by atoms with van der Waals surface area (Å²) in [6.45, 7) is 4.75. The molecular formula is C16H24BrN3O. The maximum absolute atomic E-state index is 12.5. The second-order valence-corrected chi connectivity index (χ2v) is 6.93. The Bertz CT molecular complexity index is 504. The quantitative estimate of drug-likeness (QED) is 0.757. The summed E-state index contributed by atoms with van der Waals surface area (Å²) >= 11 is 3.46. The average Bonchev–Trinajstić information content (AvgIpc) is 2.90. The van der Waals surface area contributed by atoms with Crippen molar-refractivity contribution in [2.75, 3.05) is 17.2 Å². The lowest BCUT2D eigenvalue weighted by Crippen LogP contribution is -2.30. The van der Waals surface area contributed by atoms with Crippen molar-refractivity contribution in [3.63, 3.8) is 0 Å². The number of amides is 1. The normalized spacial score (nSPS) is 21.6. The van der Waals surface area contributed by atoms with Gasteiger partial charge in [-0.05, 0) is 57.4 Å². The lowest BCUT2D eigenvalue weighted by molar-refractivity contribution is -0.120. The summed E-state index contributed by atoms with van der Waals surface area (Å²) < 4.78 is 0.953. The zero-order chi connectivity index (χ0) is 15.4. The van der Waals surface area contributed by atoms with Gasteiger partial charge in [0.1, 0.15) is 0 Å². The van der Waals surface area contributed by atoms with E-state index in [1.54, 1.807) is 0 Å². The van der Waals surface area contributed by atoms with Crippen molar-refractivity contribution in [1.82, 2.24) is 0 Å². The van der Waals surface area contributed by atoms with Crippen molar-refractivity contribution in [1.29, 1.82) is 0 Å². The number of hydrogen-bond acceptors (Lipinski definition) is 3. The summed E-state index contributed by atoms with van der Waals surface area (Å²) in [5, 5.41) is 6.44. The summed E-state index contributed by atoms with van der Waals surface area (Å²) in [6.07, 6.45) is 3.09. The van der Waals surface area contributed by atoms with Crippen LogP contribution in [0.4, 0.5) is 11.4 Å². The van der Waals surface area contributed by atoms with Gasteiger partial charge in [0.05, 0.1) is 11.4 Å². The molecular weight excluding hydrogens is 330 g/mol. The first-order valence-corrected chi connectivity index (χ1v) is 8.37. The van der Waals surface area contributed by atoms with E-state index in [9.17, 15) is 4.79 Å². The van der Waals surface area contributed by atoms with Gasteiger partial charge >= 0.3 is 0 Å². The van der Waals surface area contributed by atoms with Crippen LogP contribution in [-0.4, -0.2) is 18.5 Å². The van der Waals surface area contributed by atoms with Crippen molar-refractivity contribution in [3.8, 4) is 0 Å². The molecule has 21 heavy (non-hydrogen) atoms. The molecule has 5 heteroatoms. The zero-order valence-electron chi connectivity index (χ0n) is 12.7. The number of benzene rings is 1. The van der Waals surface area contributed by atoms with Crippen LogP contribution in [0, 0.1) is 11.8 Å². The highest BCUT2D eigenvalue weighted by Gasteiger charge is 2.32. The monoisotopic (exact) mass is 353 g/mol. The number of nitrogens with one attached hydrogen (secondary N) is 2. The number of halogens is 1. The minimum Gasteiger partial charge on any atom is -0.381 e. The van der Waals surface area contributed by atoms with Gasteiger partial charge < -0.3 is 16.4 Å². The highest BCUT2D eigenvalue weighted by atomic mass is 79.9. The molecule has 0 spiro atoms. The van der Waals surface area contributed by atoms with Gasteiger partial charge in [-0.15, -0.1) is 0 Å². The Kier molecular flexibility index (Phi) is 5.65. The fourth-order valence-corrected chi connectivity index (χ4v) is 3.31. The highest BCUT2D eigenvalue weighted by Crippen LogP contribution is 2.33. The first-order valence-electron chi connectivity index (χ1n) is 7.58. The minimum atomic E-state index is 0.0425. The zero-order valence-corrected chi connectivity index (χ0v) is 14.2. The smallest absolute Gasteiger partial charge is 0.227 e. The second kappa shape index (κ2) is 7.27. The molecule has 116 valence electrons. The van der Waals surface area contributed by atoms with Crippen LogP contribution < -0.4 is 16.4 Å². The largest absolute Gasteiger partial charge is 0.381 e. The van der Waals surface area contributed by atoms with E-state index in [2.05, 4.69) is 40.4 Å². The third-order valence-corrected chi connectivity index (χ3v) is 4.48. The molecule has 0 heterocycles. The lowest BCUT2D eigenvalue weighted by Gasteiger charge is -2.20. The third-order valence-electron chi connectivity index (χ3n) is 3.98. The van der Waals surface area contributed by atoms with Gasteiger partial charge in [0.2, 0.25) is 5.91 Å². The van der Waals surface area contributed by atoms with E-state index in [4.69, 9.17) is 5.73 Å². The molecule has 1 amide bonds. The van der Waals surface area contributed by atoms with Gasteiger partial charge in [-0.1, -0.05) is 22.4 Å². The van der Waals surface area contributed by atoms with E-state index in [0.717, 1.165) is 35.1 Å². The van der Waals surface area contributed by atoms with E-state index >= 15 is 0 Å². The molecule has 1 fully saturated rings. The van der Waals surface area contributed by atoms with Crippen molar-refractivity contribution < 1.29 is 4.79 Å². The number of nitrogens with two attached hydrogens (primary N) is 1. The number of rotatable bonds is 5. The molecule has 0 aliphatic heterocycles. The van der Waals surface area contributed by atoms with Gasteiger partial charge in [-0.2, -0.15) is 0 Å². The van der Waals surface area contributed by atoms with Crippen LogP contribution in [0.1, 0.15) is 33.1 Å². The van der Waals surface area contributed by atoms with E-state index < -0.39 is 0 Å². The maximum atomic E-state index is 12.5. The van der Waals surface area contributed by atoms with Crippen LogP contribution in [0.2, 0.25) is 0 Å². The Balaban J connectivity index is 2.14.